The third-order valence-corrected chi connectivity index (χ3v) is 12.9. The topological polar surface area (TPSA) is 46.2 Å². The summed E-state index contributed by atoms with van der Waals surface area (Å²) in [6.07, 6.45) is 0. The molecule has 6 heteroatoms. The van der Waals surface area contributed by atoms with Crippen LogP contribution in [-0.4, -0.2) is 8.42 Å². The average Bonchev–Trinajstić information content (AvgIpc) is 3.48. The summed E-state index contributed by atoms with van der Waals surface area (Å²) in [6, 6.07) is 57.3. The number of thiophene rings is 1. The number of hydrogen-bond acceptors (Lipinski definition) is 4. The number of rotatable bonds is 10. The van der Waals surface area contributed by atoms with Gasteiger partial charge in [0.05, 0.1) is 20.6 Å². The molecule has 7 aromatic rings. The van der Waals surface area contributed by atoms with Gasteiger partial charge < -0.3 is 0 Å². The zero-order valence-electron chi connectivity index (χ0n) is 25.8. The van der Waals surface area contributed by atoms with Gasteiger partial charge in [-0.25, -0.2) is 8.42 Å². The number of anilines is 1. The Morgan fingerprint density at radius 1 is 0.596 bits per heavy atom. The minimum Gasteiger partial charge on any atom is -0.278 e. The highest BCUT2D eigenvalue weighted by atomic mass is 32.2. The highest BCUT2D eigenvalue weighted by Crippen LogP contribution is 2.58. The van der Waals surface area contributed by atoms with Crippen LogP contribution in [0.5, 0.6) is 0 Å². The summed E-state index contributed by atoms with van der Waals surface area (Å²) in [4.78, 5) is 1.19. The molecule has 3 nitrogen and oxygen atoms in total. The molecule has 0 aliphatic carbocycles. The van der Waals surface area contributed by atoms with E-state index in [1.54, 1.807) is 23.5 Å². The summed E-state index contributed by atoms with van der Waals surface area (Å²) in [5.41, 5.74) is 6.15. The van der Waals surface area contributed by atoms with Gasteiger partial charge in [-0.05, 0) is 47.4 Å². The molecule has 0 bridgehead atoms. The molecule has 1 unspecified atom stereocenters. The molecular weight excluding hydrogens is 635 g/mol. The average molecular weight is 668 g/mol. The molecule has 6 aromatic carbocycles. The third-order valence-electron chi connectivity index (χ3n) is 8.37. The Hall–Kier alpha value is -4.62. The summed E-state index contributed by atoms with van der Waals surface area (Å²) >= 11 is 3.48. The summed E-state index contributed by atoms with van der Waals surface area (Å²) in [6.45, 7) is 1.95. The molecule has 7 rings (SSSR count). The third kappa shape index (κ3) is 6.12. The lowest BCUT2D eigenvalue weighted by molar-refractivity contribution is 0.601. The normalized spacial score (nSPS) is 12.5. The monoisotopic (exact) mass is 667 g/mol. The maximum absolute atomic E-state index is 14.0. The highest BCUT2D eigenvalue weighted by molar-refractivity contribution is 8.01. The van der Waals surface area contributed by atoms with Crippen molar-refractivity contribution in [2.75, 3.05) is 4.72 Å². The van der Waals surface area contributed by atoms with Crippen LogP contribution in [0.1, 0.15) is 37.9 Å². The standard InChI is InChI=1S/C41H33NO2S3/c1-30-26-28-35(29-27-30)47(43,44)42-38-36-24-14-15-25-37(36)45-40(38)39(31-16-6-2-7-17-31)46-41(32-18-8-3-9-19-32,33-20-10-4-11-21-33)34-22-12-5-13-23-34/h2-29,39,42H,1H3. The SMILES string of the molecule is Cc1ccc(S(=O)(=O)Nc2c(C(SC(c3ccccc3)(c3ccccc3)c3ccccc3)c3ccccc3)sc3ccccc23)cc1. The number of fused-ring (bicyclic) bond motifs is 1. The Bertz CT molecular complexity index is 2100. The number of benzene rings is 6. The Morgan fingerprint density at radius 2 is 1.06 bits per heavy atom. The lowest BCUT2D eigenvalue weighted by Crippen LogP contribution is -2.27. The maximum Gasteiger partial charge on any atom is 0.261 e. The van der Waals surface area contributed by atoms with Gasteiger partial charge in [-0.3, -0.25) is 4.72 Å². The van der Waals surface area contributed by atoms with E-state index in [2.05, 4.69) is 108 Å². The van der Waals surface area contributed by atoms with Crippen LogP contribution in [0.4, 0.5) is 5.69 Å². The van der Waals surface area contributed by atoms with Crippen molar-refractivity contribution in [3.63, 3.8) is 0 Å². The molecule has 232 valence electrons. The molecule has 0 amide bonds. The van der Waals surface area contributed by atoms with Crippen LogP contribution >= 0.6 is 23.1 Å². The van der Waals surface area contributed by atoms with Crippen molar-refractivity contribution in [3.8, 4) is 0 Å². The largest absolute Gasteiger partial charge is 0.278 e. The molecule has 1 heterocycles. The number of sulfonamides is 1. The van der Waals surface area contributed by atoms with Gasteiger partial charge in [-0.2, -0.15) is 0 Å². The van der Waals surface area contributed by atoms with Crippen molar-refractivity contribution in [2.45, 2.75) is 21.8 Å². The Kier molecular flexibility index (Phi) is 8.74. The molecule has 0 radical (unpaired) electrons. The van der Waals surface area contributed by atoms with E-state index in [0.29, 0.717) is 5.69 Å². The lowest BCUT2D eigenvalue weighted by Gasteiger charge is -2.38. The van der Waals surface area contributed by atoms with Crippen molar-refractivity contribution in [1.82, 2.24) is 0 Å². The molecule has 1 N–H and O–H groups in total. The molecule has 1 atom stereocenters. The molecule has 47 heavy (non-hydrogen) atoms. The van der Waals surface area contributed by atoms with Gasteiger partial charge in [0.25, 0.3) is 10.0 Å². The highest BCUT2D eigenvalue weighted by Gasteiger charge is 2.41. The van der Waals surface area contributed by atoms with E-state index >= 15 is 0 Å². The number of hydrogen-bond donors (Lipinski definition) is 1. The van der Waals surface area contributed by atoms with Gasteiger partial charge in [0, 0.05) is 15.0 Å². The molecular formula is C41H33NO2S3. The van der Waals surface area contributed by atoms with Crippen molar-refractivity contribution in [2.24, 2.45) is 0 Å². The Morgan fingerprint density at radius 3 is 1.60 bits per heavy atom. The van der Waals surface area contributed by atoms with E-state index in [9.17, 15) is 8.42 Å². The number of aryl methyl sites for hydroxylation is 1. The summed E-state index contributed by atoms with van der Waals surface area (Å²) in [7, 11) is -3.88. The van der Waals surface area contributed by atoms with Crippen molar-refractivity contribution in [3.05, 3.63) is 203 Å². The van der Waals surface area contributed by atoms with E-state index < -0.39 is 14.8 Å². The second-order valence-corrected chi connectivity index (χ2v) is 15.5. The van der Waals surface area contributed by atoms with Gasteiger partial charge in [0.15, 0.2) is 0 Å². The van der Waals surface area contributed by atoms with Crippen LogP contribution in [0.2, 0.25) is 0 Å². The molecule has 0 fully saturated rings. The van der Waals surface area contributed by atoms with Crippen LogP contribution in [0.15, 0.2) is 175 Å². The van der Waals surface area contributed by atoms with Gasteiger partial charge in [-0.15, -0.1) is 23.1 Å². The van der Waals surface area contributed by atoms with Crippen molar-refractivity contribution in [1.29, 1.82) is 0 Å². The molecule has 0 saturated carbocycles. The minimum atomic E-state index is -3.88. The molecule has 1 aromatic heterocycles. The summed E-state index contributed by atoms with van der Waals surface area (Å²) < 4.78 is 31.5. The van der Waals surface area contributed by atoms with E-state index in [1.165, 1.54) is 0 Å². The van der Waals surface area contributed by atoms with Crippen LogP contribution in [0, 0.1) is 6.92 Å². The van der Waals surface area contributed by atoms with E-state index in [1.807, 2.05) is 73.3 Å². The fourth-order valence-electron chi connectivity index (χ4n) is 6.07. The predicted octanol–water partition coefficient (Wildman–Crippen LogP) is 10.8. The lowest BCUT2D eigenvalue weighted by atomic mass is 9.84. The molecule has 0 spiro atoms. The Labute approximate surface area is 285 Å². The molecule has 0 saturated heterocycles. The van der Waals surface area contributed by atoms with Crippen LogP contribution < -0.4 is 4.72 Å². The fourth-order valence-corrected chi connectivity index (χ4v) is 10.4. The molecule has 0 aliphatic rings. The zero-order valence-corrected chi connectivity index (χ0v) is 28.2. The van der Waals surface area contributed by atoms with E-state index in [-0.39, 0.29) is 10.1 Å². The smallest absolute Gasteiger partial charge is 0.261 e. The minimum absolute atomic E-state index is 0.237. The van der Waals surface area contributed by atoms with Gasteiger partial charge >= 0.3 is 0 Å². The second kappa shape index (κ2) is 13.2. The predicted molar refractivity (Wildman–Crippen MR) is 199 cm³/mol. The maximum atomic E-state index is 14.0. The van der Waals surface area contributed by atoms with Gasteiger partial charge in [0.1, 0.15) is 0 Å². The van der Waals surface area contributed by atoms with Crippen LogP contribution in [0.25, 0.3) is 10.1 Å². The first-order chi connectivity index (χ1) is 23.0. The summed E-state index contributed by atoms with van der Waals surface area (Å²) in [5.74, 6) is 0. The number of nitrogens with one attached hydrogen (secondary N) is 1. The number of thioether (sulfide) groups is 1. The van der Waals surface area contributed by atoms with Crippen LogP contribution in [0.3, 0.4) is 0 Å². The summed E-state index contributed by atoms with van der Waals surface area (Å²) in [5, 5.41) is 0.638. The van der Waals surface area contributed by atoms with Crippen molar-refractivity contribution >= 4 is 48.9 Å². The first kappa shape index (κ1) is 31.0. The van der Waals surface area contributed by atoms with E-state index in [0.717, 1.165) is 42.8 Å². The quantitative estimate of drug-likeness (QED) is 0.148. The van der Waals surface area contributed by atoms with E-state index in [4.69, 9.17) is 0 Å². The van der Waals surface area contributed by atoms with Gasteiger partial charge in [0.2, 0.25) is 0 Å². The second-order valence-electron chi connectivity index (χ2n) is 11.4. The fraction of sp³-hybridized carbons (Fsp3) is 0.0732. The first-order valence-electron chi connectivity index (χ1n) is 15.5. The zero-order chi connectivity index (χ0) is 32.3. The molecule has 0 aliphatic heterocycles. The Balaban J connectivity index is 1.49. The van der Waals surface area contributed by atoms with Gasteiger partial charge in [-0.1, -0.05) is 157 Å². The van der Waals surface area contributed by atoms with Crippen LogP contribution in [-0.2, 0) is 14.8 Å². The first-order valence-corrected chi connectivity index (χ1v) is 18.6. The van der Waals surface area contributed by atoms with Crippen molar-refractivity contribution < 1.29 is 8.42 Å².